The van der Waals surface area contributed by atoms with E-state index in [-0.39, 0.29) is 18.6 Å². The lowest BCUT2D eigenvalue weighted by atomic mass is 10.2. The second-order valence-corrected chi connectivity index (χ2v) is 6.56. The van der Waals surface area contributed by atoms with Gasteiger partial charge in [-0.2, -0.15) is 0 Å². The fraction of sp³-hybridized carbons (Fsp3) is 0.389. The van der Waals surface area contributed by atoms with Crippen molar-refractivity contribution in [1.82, 2.24) is 10.5 Å². The van der Waals surface area contributed by atoms with Crippen molar-refractivity contribution in [3.8, 4) is 0 Å². The third kappa shape index (κ3) is 3.35. The Morgan fingerprint density at radius 3 is 2.64 bits per heavy atom. The molecule has 0 spiro atoms. The Bertz CT molecular complexity index is 752. The summed E-state index contributed by atoms with van der Waals surface area (Å²) < 4.78 is 10.1. The normalized spacial score (nSPS) is 17.6. The SMILES string of the molecule is O=C(NC1(C(=O)N(c2cnoc2)C2CC2)CC1)OCc1ccccc1. The Morgan fingerprint density at radius 1 is 1.28 bits per heavy atom. The van der Waals surface area contributed by atoms with E-state index >= 15 is 0 Å². The number of carbonyl (C=O) groups is 2. The summed E-state index contributed by atoms with van der Waals surface area (Å²) in [6.07, 6.45) is 5.54. The first-order valence-corrected chi connectivity index (χ1v) is 8.40. The summed E-state index contributed by atoms with van der Waals surface area (Å²) in [5, 5.41) is 6.44. The van der Waals surface area contributed by atoms with Crippen LogP contribution < -0.4 is 10.2 Å². The first-order valence-electron chi connectivity index (χ1n) is 8.40. The molecule has 1 aromatic carbocycles. The van der Waals surface area contributed by atoms with Crippen molar-refractivity contribution >= 4 is 17.7 Å². The van der Waals surface area contributed by atoms with Crippen LogP contribution in [0.2, 0.25) is 0 Å². The van der Waals surface area contributed by atoms with Crippen LogP contribution in [0.1, 0.15) is 31.2 Å². The first-order chi connectivity index (χ1) is 12.2. The summed E-state index contributed by atoms with van der Waals surface area (Å²) >= 11 is 0. The van der Waals surface area contributed by atoms with Crippen molar-refractivity contribution in [2.24, 2.45) is 0 Å². The van der Waals surface area contributed by atoms with E-state index in [1.165, 1.54) is 12.5 Å². The number of hydrogen-bond donors (Lipinski definition) is 1. The highest BCUT2D eigenvalue weighted by Gasteiger charge is 2.55. The zero-order valence-corrected chi connectivity index (χ0v) is 13.7. The molecule has 7 nitrogen and oxygen atoms in total. The molecule has 2 aromatic rings. The minimum Gasteiger partial charge on any atom is -0.445 e. The van der Waals surface area contributed by atoms with E-state index in [1.54, 1.807) is 4.90 Å². The standard InChI is InChI=1S/C18H19N3O4/c22-16(21(14-6-7-14)15-10-19-25-12-15)18(8-9-18)20-17(23)24-11-13-4-2-1-3-5-13/h1-5,10,12,14H,6-9,11H2,(H,20,23). The Morgan fingerprint density at radius 2 is 2.04 bits per heavy atom. The molecule has 2 saturated carbocycles. The molecule has 1 heterocycles. The molecule has 0 atom stereocenters. The second-order valence-electron chi connectivity index (χ2n) is 6.56. The number of nitrogens with one attached hydrogen (secondary N) is 1. The fourth-order valence-electron chi connectivity index (χ4n) is 2.85. The van der Waals surface area contributed by atoms with Gasteiger partial charge in [-0.25, -0.2) is 4.79 Å². The number of rotatable bonds is 6. The number of anilines is 1. The van der Waals surface area contributed by atoms with Crippen LogP contribution in [0, 0.1) is 0 Å². The van der Waals surface area contributed by atoms with Crippen LogP contribution in [0.15, 0.2) is 47.3 Å². The summed E-state index contributed by atoms with van der Waals surface area (Å²) in [6, 6.07) is 9.59. The first kappa shape index (κ1) is 15.7. The van der Waals surface area contributed by atoms with Gasteiger partial charge >= 0.3 is 6.09 Å². The molecule has 2 amide bonds. The zero-order valence-electron chi connectivity index (χ0n) is 13.7. The summed E-state index contributed by atoms with van der Waals surface area (Å²) in [7, 11) is 0. The quantitative estimate of drug-likeness (QED) is 0.873. The Labute approximate surface area is 144 Å². The average Bonchev–Trinajstić information content (AvgIpc) is 3.54. The van der Waals surface area contributed by atoms with Gasteiger partial charge < -0.3 is 19.5 Å². The minimum atomic E-state index is -0.867. The predicted octanol–water partition coefficient (Wildman–Crippen LogP) is 2.63. The number of ether oxygens (including phenoxy) is 1. The van der Waals surface area contributed by atoms with E-state index in [9.17, 15) is 9.59 Å². The van der Waals surface area contributed by atoms with E-state index in [0.29, 0.717) is 18.5 Å². The Balaban J connectivity index is 1.39. The van der Waals surface area contributed by atoms with Crippen LogP contribution in [0.5, 0.6) is 0 Å². The lowest BCUT2D eigenvalue weighted by molar-refractivity contribution is -0.121. The fourth-order valence-corrected chi connectivity index (χ4v) is 2.85. The topological polar surface area (TPSA) is 84.7 Å². The van der Waals surface area contributed by atoms with Gasteiger partial charge in [-0.3, -0.25) is 4.79 Å². The van der Waals surface area contributed by atoms with E-state index in [2.05, 4.69) is 10.5 Å². The minimum absolute atomic E-state index is 0.116. The molecule has 0 saturated heterocycles. The monoisotopic (exact) mass is 341 g/mol. The maximum atomic E-state index is 13.0. The maximum Gasteiger partial charge on any atom is 0.408 e. The molecule has 0 bridgehead atoms. The molecule has 4 rings (SSSR count). The zero-order chi connectivity index (χ0) is 17.3. The molecule has 1 aromatic heterocycles. The van der Waals surface area contributed by atoms with Gasteiger partial charge in [-0.05, 0) is 31.2 Å². The summed E-state index contributed by atoms with van der Waals surface area (Å²) in [6.45, 7) is 0.176. The van der Waals surface area contributed by atoms with Gasteiger partial charge in [-0.15, -0.1) is 0 Å². The number of nitrogens with zero attached hydrogens (tertiary/aromatic N) is 2. The molecule has 130 valence electrons. The highest BCUT2D eigenvalue weighted by atomic mass is 16.5. The largest absolute Gasteiger partial charge is 0.445 e. The van der Waals surface area contributed by atoms with Crippen LogP contribution in [0.4, 0.5) is 10.5 Å². The van der Waals surface area contributed by atoms with Crippen LogP contribution in [0.25, 0.3) is 0 Å². The van der Waals surface area contributed by atoms with Crippen molar-refractivity contribution in [2.75, 3.05) is 4.90 Å². The van der Waals surface area contributed by atoms with Gasteiger partial charge in [0.25, 0.3) is 5.91 Å². The number of benzene rings is 1. The third-order valence-electron chi connectivity index (χ3n) is 4.54. The van der Waals surface area contributed by atoms with Gasteiger partial charge in [0.2, 0.25) is 0 Å². The molecular formula is C18H19N3O4. The number of carbonyl (C=O) groups excluding carboxylic acids is 2. The van der Waals surface area contributed by atoms with Crippen LogP contribution in [-0.4, -0.2) is 28.7 Å². The molecular weight excluding hydrogens is 322 g/mol. The van der Waals surface area contributed by atoms with E-state index < -0.39 is 11.6 Å². The maximum absolute atomic E-state index is 13.0. The van der Waals surface area contributed by atoms with E-state index in [4.69, 9.17) is 9.26 Å². The van der Waals surface area contributed by atoms with Gasteiger partial charge in [0.05, 0.1) is 6.20 Å². The van der Waals surface area contributed by atoms with Crippen LogP contribution in [0.3, 0.4) is 0 Å². The van der Waals surface area contributed by atoms with Gasteiger partial charge in [-0.1, -0.05) is 35.5 Å². The van der Waals surface area contributed by atoms with Crippen LogP contribution >= 0.6 is 0 Å². The smallest absolute Gasteiger partial charge is 0.408 e. The Hall–Kier alpha value is -2.83. The second kappa shape index (κ2) is 6.23. The van der Waals surface area contributed by atoms with Crippen molar-refractivity contribution in [3.63, 3.8) is 0 Å². The van der Waals surface area contributed by atoms with Crippen molar-refractivity contribution in [1.29, 1.82) is 0 Å². The number of aromatic nitrogens is 1. The molecule has 0 radical (unpaired) electrons. The molecule has 25 heavy (non-hydrogen) atoms. The summed E-state index contributed by atoms with van der Waals surface area (Å²) in [5.74, 6) is -0.116. The predicted molar refractivity (Wildman–Crippen MR) is 88.7 cm³/mol. The lowest BCUT2D eigenvalue weighted by Crippen LogP contribution is -2.51. The van der Waals surface area contributed by atoms with Crippen molar-refractivity contribution < 1.29 is 18.8 Å². The third-order valence-corrected chi connectivity index (χ3v) is 4.54. The van der Waals surface area contributed by atoms with Gasteiger partial charge in [0.15, 0.2) is 0 Å². The number of amides is 2. The lowest BCUT2D eigenvalue weighted by Gasteiger charge is -2.26. The van der Waals surface area contributed by atoms with Gasteiger partial charge in [0, 0.05) is 6.04 Å². The van der Waals surface area contributed by atoms with Crippen molar-refractivity contribution in [2.45, 2.75) is 43.9 Å². The molecule has 7 heteroatoms. The average molecular weight is 341 g/mol. The number of alkyl carbamates (subject to hydrolysis) is 1. The molecule has 2 aliphatic carbocycles. The van der Waals surface area contributed by atoms with E-state index in [0.717, 1.165) is 18.4 Å². The molecule has 1 N–H and O–H groups in total. The summed E-state index contributed by atoms with van der Waals surface area (Å²) in [4.78, 5) is 26.8. The van der Waals surface area contributed by atoms with E-state index in [1.807, 2.05) is 30.3 Å². The highest BCUT2D eigenvalue weighted by molar-refractivity contribution is 6.04. The number of hydrogen-bond acceptors (Lipinski definition) is 5. The molecule has 2 fully saturated rings. The molecule has 2 aliphatic rings. The highest BCUT2D eigenvalue weighted by Crippen LogP contribution is 2.42. The van der Waals surface area contributed by atoms with Crippen molar-refractivity contribution in [3.05, 3.63) is 48.4 Å². The summed E-state index contributed by atoms with van der Waals surface area (Å²) in [5.41, 5.74) is 0.671. The van der Waals surface area contributed by atoms with Crippen LogP contribution in [-0.2, 0) is 16.1 Å². The van der Waals surface area contributed by atoms with Gasteiger partial charge in [0.1, 0.15) is 24.1 Å². The molecule has 0 aliphatic heterocycles. The molecule has 0 unspecified atom stereocenters. The Kier molecular flexibility index (Phi) is 3.91.